The summed E-state index contributed by atoms with van der Waals surface area (Å²) in [4.78, 5) is 41.8. The van der Waals surface area contributed by atoms with E-state index in [2.05, 4.69) is 13.8 Å². The van der Waals surface area contributed by atoms with Gasteiger partial charge in [0, 0.05) is 57.3 Å². The summed E-state index contributed by atoms with van der Waals surface area (Å²) in [7, 11) is 0. The molecule has 2 heterocycles. The van der Waals surface area contributed by atoms with Crippen LogP contribution in [0, 0.1) is 16.0 Å². The number of amides is 2. The number of nitrogens with zero attached hydrogens (tertiary/aromatic N) is 4. The van der Waals surface area contributed by atoms with Crippen molar-refractivity contribution in [1.82, 2.24) is 9.80 Å². The van der Waals surface area contributed by atoms with Crippen LogP contribution in [0.3, 0.4) is 0 Å². The summed E-state index contributed by atoms with van der Waals surface area (Å²) in [6.45, 7) is 8.70. The van der Waals surface area contributed by atoms with E-state index in [1.807, 2.05) is 9.80 Å². The van der Waals surface area contributed by atoms with E-state index in [0.29, 0.717) is 49.9 Å². The number of carbonyl (C=O) groups excluding carboxylic acids is 2. The third-order valence-electron chi connectivity index (χ3n) is 6.45. The molecule has 2 aliphatic rings. The van der Waals surface area contributed by atoms with Crippen LogP contribution in [0.25, 0.3) is 0 Å². The SMILES string of the molecule is CCC[C@H]1[C@@H](C)CCCN1C(=O)c1ccc(N2CCN(C(C)=O)CC2)c([N+](=O)[O-])c1. The lowest BCUT2D eigenvalue weighted by atomic mass is 9.87. The molecule has 0 unspecified atom stereocenters. The van der Waals surface area contributed by atoms with E-state index in [1.54, 1.807) is 17.0 Å². The Balaban J connectivity index is 1.83. The van der Waals surface area contributed by atoms with Crippen LogP contribution in [-0.2, 0) is 4.79 Å². The Kier molecular flexibility index (Phi) is 6.95. The molecule has 0 aliphatic carbocycles. The van der Waals surface area contributed by atoms with Crippen molar-refractivity contribution in [3.63, 3.8) is 0 Å². The van der Waals surface area contributed by atoms with Gasteiger partial charge in [-0.3, -0.25) is 19.7 Å². The zero-order valence-electron chi connectivity index (χ0n) is 18.2. The number of nitro benzene ring substituents is 1. The van der Waals surface area contributed by atoms with Crippen LogP contribution in [0.5, 0.6) is 0 Å². The first kappa shape index (κ1) is 22.1. The van der Waals surface area contributed by atoms with Crippen molar-refractivity contribution in [2.24, 2.45) is 5.92 Å². The smallest absolute Gasteiger partial charge is 0.293 e. The van der Waals surface area contributed by atoms with Crippen LogP contribution in [0.15, 0.2) is 18.2 Å². The number of hydrogen-bond acceptors (Lipinski definition) is 5. The van der Waals surface area contributed by atoms with Gasteiger partial charge in [-0.05, 0) is 37.3 Å². The first-order valence-electron chi connectivity index (χ1n) is 10.9. The maximum Gasteiger partial charge on any atom is 0.293 e. The highest BCUT2D eigenvalue weighted by Crippen LogP contribution is 2.33. The van der Waals surface area contributed by atoms with Crippen molar-refractivity contribution < 1.29 is 14.5 Å². The predicted molar refractivity (Wildman–Crippen MR) is 116 cm³/mol. The van der Waals surface area contributed by atoms with Gasteiger partial charge in [0.1, 0.15) is 5.69 Å². The van der Waals surface area contributed by atoms with Gasteiger partial charge in [-0.15, -0.1) is 0 Å². The Morgan fingerprint density at radius 1 is 1.17 bits per heavy atom. The summed E-state index contributed by atoms with van der Waals surface area (Å²) in [6, 6.07) is 5.02. The lowest BCUT2D eigenvalue weighted by Crippen LogP contribution is -2.48. The summed E-state index contributed by atoms with van der Waals surface area (Å²) < 4.78 is 0. The van der Waals surface area contributed by atoms with E-state index in [1.165, 1.54) is 13.0 Å². The average molecular weight is 417 g/mol. The number of benzene rings is 1. The van der Waals surface area contributed by atoms with E-state index in [-0.39, 0.29) is 23.5 Å². The molecular weight excluding hydrogens is 384 g/mol. The quantitative estimate of drug-likeness (QED) is 0.543. The topological polar surface area (TPSA) is 87.0 Å². The van der Waals surface area contributed by atoms with Crippen molar-refractivity contribution in [2.45, 2.75) is 52.5 Å². The highest BCUT2D eigenvalue weighted by Gasteiger charge is 2.33. The van der Waals surface area contributed by atoms with Crippen LogP contribution in [0.1, 0.15) is 56.8 Å². The fourth-order valence-corrected chi connectivity index (χ4v) is 4.74. The third-order valence-corrected chi connectivity index (χ3v) is 6.45. The Morgan fingerprint density at radius 2 is 1.87 bits per heavy atom. The molecule has 0 N–H and O–H groups in total. The molecule has 2 atom stereocenters. The second kappa shape index (κ2) is 9.45. The molecule has 0 bridgehead atoms. The first-order chi connectivity index (χ1) is 14.3. The number of hydrogen-bond donors (Lipinski definition) is 0. The number of rotatable bonds is 5. The van der Waals surface area contributed by atoms with E-state index in [0.717, 1.165) is 25.7 Å². The van der Waals surface area contributed by atoms with Gasteiger partial charge < -0.3 is 14.7 Å². The molecule has 1 aromatic rings. The number of likely N-dealkylation sites (tertiary alicyclic amines) is 1. The Bertz CT molecular complexity index is 804. The van der Waals surface area contributed by atoms with Crippen molar-refractivity contribution >= 4 is 23.2 Å². The standard InChI is InChI=1S/C22H32N4O4/c1-4-6-19-16(2)7-5-10-25(19)22(28)18-8-9-20(21(15-18)26(29)30)24-13-11-23(12-14-24)17(3)27/h8-9,15-16,19H,4-7,10-14H2,1-3H3/t16-,19-/m0/s1. The Morgan fingerprint density at radius 3 is 2.47 bits per heavy atom. The lowest BCUT2D eigenvalue weighted by molar-refractivity contribution is -0.384. The highest BCUT2D eigenvalue weighted by molar-refractivity contribution is 5.96. The summed E-state index contributed by atoms with van der Waals surface area (Å²) in [6.07, 6.45) is 4.03. The molecule has 8 nitrogen and oxygen atoms in total. The summed E-state index contributed by atoms with van der Waals surface area (Å²) in [5.41, 5.74) is 0.842. The molecule has 0 aromatic heterocycles. The van der Waals surface area contributed by atoms with Gasteiger partial charge in [-0.1, -0.05) is 20.3 Å². The predicted octanol–water partition coefficient (Wildman–Crippen LogP) is 3.30. The van der Waals surface area contributed by atoms with Crippen molar-refractivity contribution in [1.29, 1.82) is 0 Å². The molecule has 1 aromatic carbocycles. The molecule has 0 spiro atoms. The Labute approximate surface area is 178 Å². The van der Waals surface area contributed by atoms with E-state index in [4.69, 9.17) is 0 Å². The van der Waals surface area contributed by atoms with Crippen LogP contribution in [0.4, 0.5) is 11.4 Å². The molecule has 30 heavy (non-hydrogen) atoms. The molecule has 2 amide bonds. The second-order valence-corrected chi connectivity index (χ2v) is 8.43. The van der Waals surface area contributed by atoms with E-state index in [9.17, 15) is 19.7 Å². The van der Waals surface area contributed by atoms with Crippen molar-refractivity contribution in [3.8, 4) is 0 Å². The number of anilines is 1. The van der Waals surface area contributed by atoms with Gasteiger partial charge in [0.2, 0.25) is 5.91 Å². The fourth-order valence-electron chi connectivity index (χ4n) is 4.74. The van der Waals surface area contributed by atoms with Crippen LogP contribution in [-0.4, -0.2) is 65.3 Å². The van der Waals surface area contributed by atoms with Crippen LogP contribution in [0.2, 0.25) is 0 Å². The second-order valence-electron chi connectivity index (χ2n) is 8.43. The van der Waals surface area contributed by atoms with Crippen LogP contribution < -0.4 is 4.90 Å². The largest absolute Gasteiger partial charge is 0.362 e. The molecular formula is C22H32N4O4. The molecule has 8 heteroatoms. The van der Waals surface area contributed by atoms with Crippen molar-refractivity contribution in [2.75, 3.05) is 37.6 Å². The third kappa shape index (κ3) is 4.57. The Hall–Kier alpha value is -2.64. The summed E-state index contributed by atoms with van der Waals surface area (Å²) in [5, 5.41) is 11.8. The molecule has 3 rings (SSSR count). The number of carbonyl (C=O) groups is 2. The molecule has 2 fully saturated rings. The first-order valence-corrected chi connectivity index (χ1v) is 10.9. The van der Waals surface area contributed by atoms with Gasteiger partial charge in [-0.2, -0.15) is 0 Å². The number of piperazine rings is 1. The average Bonchev–Trinajstić information content (AvgIpc) is 2.74. The molecule has 2 saturated heterocycles. The summed E-state index contributed by atoms with van der Waals surface area (Å²) in [5.74, 6) is 0.341. The monoisotopic (exact) mass is 416 g/mol. The van der Waals surface area contributed by atoms with Crippen molar-refractivity contribution in [3.05, 3.63) is 33.9 Å². The summed E-state index contributed by atoms with van der Waals surface area (Å²) >= 11 is 0. The van der Waals surface area contributed by atoms with Gasteiger partial charge in [0.15, 0.2) is 0 Å². The molecule has 164 valence electrons. The van der Waals surface area contributed by atoms with E-state index < -0.39 is 4.92 Å². The molecule has 0 saturated carbocycles. The molecule has 2 aliphatic heterocycles. The zero-order chi connectivity index (χ0) is 21.8. The van der Waals surface area contributed by atoms with Gasteiger partial charge in [0.05, 0.1) is 4.92 Å². The van der Waals surface area contributed by atoms with Gasteiger partial charge in [0.25, 0.3) is 11.6 Å². The minimum absolute atomic E-state index is 0.0162. The maximum atomic E-state index is 13.3. The lowest BCUT2D eigenvalue weighted by Gasteiger charge is -2.40. The maximum absolute atomic E-state index is 13.3. The van der Waals surface area contributed by atoms with Gasteiger partial charge >= 0.3 is 0 Å². The fraction of sp³-hybridized carbons (Fsp3) is 0.636. The van der Waals surface area contributed by atoms with Gasteiger partial charge in [-0.25, -0.2) is 0 Å². The normalized spacial score (nSPS) is 22.2. The minimum Gasteiger partial charge on any atom is -0.362 e. The van der Waals surface area contributed by atoms with Crippen LogP contribution >= 0.6 is 0 Å². The van der Waals surface area contributed by atoms with E-state index >= 15 is 0 Å². The minimum atomic E-state index is -0.411. The highest BCUT2D eigenvalue weighted by atomic mass is 16.6. The zero-order valence-corrected chi connectivity index (χ0v) is 18.2. The number of nitro groups is 1. The molecule has 0 radical (unpaired) electrons. The number of piperidine rings is 1.